The van der Waals surface area contributed by atoms with Crippen LogP contribution in [0.4, 0.5) is 8.78 Å². The lowest BCUT2D eigenvalue weighted by Crippen LogP contribution is -2.36. The normalized spacial score (nSPS) is 12.0. The molecule has 1 unspecified atom stereocenters. The monoisotopic (exact) mass is 291 g/mol. The maximum absolute atomic E-state index is 13.5. The first-order valence-corrected chi connectivity index (χ1v) is 5.90. The fraction of sp³-hybridized carbons (Fsp3) is 0.333. The van der Waals surface area contributed by atoms with Crippen LogP contribution in [0.3, 0.4) is 0 Å². The van der Waals surface area contributed by atoms with Crippen molar-refractivity contribution in [1.29, 1.82) is 0 Å². The Morgan fingerprint density at radius 1 is 1.37 bits per heavy atom. The molecule has 0 spiro atoms. The summed E-state index contributed by atoms with van der Waals surface area (Å²) in [6.07, 6.45) is 0.0651. The van der Waals surface area contributed by atoms with Crippen molar-refractivity contribution < 1.29 is 23.5 Å². The maximum atomic E-state index is 13.5. The molecule has 19 heavy (non-hydrogen) atoms. The van der Waals surface area contributed by atoms with Gasteiger partial charge in [0.05, 0.1) is 17.0 Å². The van der Waals surface area contributed by atoms with Crippen molar-refractivity contribution in [1.82, 2.24) is 5.32 Å². The molecule has 0 saturated carbocycles. The van der Waals surface area contributed by atoms with Gasteiger partial charge in [0.1, 0.15) is 11.6 Å². The summed E-state index contributed by atoms with van der Waals surface area (Å²) in [5, 5.41) is 10.5. The van der Waals surface area contributed by atoms with Gasteiger partial charge >= 0.3 is 5.97 Å². The van der Waals surface area contributed by atoms with E-state index in [4.69, 9.17) is 16.7 Å². The summed E-state index contributed by atoms with van der Waals surface area (Å²) >= 11 is 5.37. The largest absolute Gasteiger partial charge is 0.481 e. The van der Waals surface area contributed by atoms with Crippen LogP contribution < -0.4 is 5.32 Å². The van der Waals surface area contributed by atoms with Crippen molar-refractivity contribution >= 4 is 23.5 Å². The summed E-state index contributed by atoms with van der Waals surface area (Å²) in [7, 11) is 0. The average Bonchev–Trinajstić information content (AvgIpc) is 2.32. The molecule has 1 atom stereocenters. The van der Waals surface area contributed by atoms with Gasteiger partial charge in [0.2, 0.25) is 0 Å². The van der Waals surface area contributed by atoms with Crippen LogP contribution in [-0.2, 0) is 4.79 Å². The van der Waals surface area contributed by atoms with Crippen LogP contribution in [0.1, 0.15) is 30.1 Å². The molecule has 1 aromatic carbocycles. The number of carboxylic acids is 1. The Bertz CT molecular complexity index is 508. The van der Waals surface area contributed by atoms with Gasteiger partial charge in [-0.2, -0.15) is 0 Å². The van der Waals surface area contributed by atoms with Gasteiger partial charge in [-0.15, -0.1) is 0 Å². The van der Waals surface area contributed by atoms with Gasteiger partial charge in [0.25, 0.3) is 5.91 Å². The Balaban J connectivity index is 2.88. The van der Waals surface area contributed by atoms with Crippen molar-refractivity contribution in [2.45, 2.75) is 25.8 Å². The molecule has 2 N–H and O–H groups in total. The molecule has 0 fully saturated rings. The molecule has 0 aromatic heterocycles. The minimum atomic E-state index is -1.09. The van der Waals surface area contributed by atoms with E-state index in [9.17, 15) is 18.4 Å². The van der Waals surface area contributed by atoms with Gasteiger partial charge in [0.15, 0.2) is 0 Å². The number of carbonyl (C=O) groups excluding carboxylic acids is 1. The molecule has 0 aliphatic carbocycles. The van der Waals surface area contributed by atoms with Crippen LogP contribution >= 0.6 is 11.6 Å². The zero-order valence-corrected chi connectivity index (χ0v) is 10.8. The van der Waals surface area contributed by atoms with E-state index in [0.717, 1.165) is 0 Å². The fourth-order valence-electron chi connectivity index (χ4n) is 1.47. The maximum Gasteiger partial charge on any atom is 0.305 e. The van der Waals surface area contributed by atoms with E-state index in [1.54, 1.807) is 6.92 Å². The molecular weight excluding hydrogens is 280 g/mol. The van der Waals surface area contributed by atoms with Gasteiger partial charge < -0.3 is 10.4 Å². The number of hydrogen-bond acceptors (Lipinski definition) is 2. The highest BCUT2D eigenvalue weighted by Crippen LogP contribution is 2.19. The van der Waals surface area contributed by atoms with Crippen LogP contribution in [0.15, 0.2) is 12.1 Å². The van der Waals surface area contributed by atoms with Gasteiger partial charge in [-0.25, -0.2) is 8.78 Å². The lowest BCUT2D eigenvalue weighted by atomic mass is 10.1. The number of carbonyl (C=O) groups is 2. The SMILES string of the molecule is CCC(CC(=O)O)NC(=O)c1cc(F)c(Cl)cc1F. The molecule has 0 aliphatic heterocycles. The van der Waals surface area contributed by atoms with Crippen molar-refractivity contribution in [2.24, 2.45) is 0 Å². The predicted molar refractivity (Wildman–Crippen MR) is 65.2 cm³/mol. The third kappa shape index (κ3) is 4.17. The van der Waals surface area contributed by atoms with Crippen LogP contribution in [-0.4, -0.2) is 23.0 Å². The average molecular weight is 292 g/mol. The summed E-state index contributed by atoms with van der Waals surface area (Å²) in [5.41, 5.74) is -0.509. The van der Waals surface area contributed by atoms with Crippen molar-refractivity contribution in [3.05, 3.63) is 34.4 Å². The van der Waals surface area contributed by atoms with E-state index in [1.165, 1.54) is 0 Å². The topological polar surface area (TPSA) is 66.4 Å². The third-order valence-corrected chi connectivity index (χ3v) is 2.79. The quantitative estimate of drug-likeness (QED) is 0.820. The number of carboxylic acid groups (broad SMARTS) is 1. The van der Waals surface area contributed by atoms with Crippen LogP contribution in [0.5, 0.6) is 0 Å². The van der Waals surface area contributed by atoms with E-state index in [1.807, 2.05) is 0 Å². The lowest BCUT2D eigenvalue weighted by molar-refractivity contribution is -0.137. The summed E-state index contributed by atoms with van der Waals surface area (Å²) < 4.78 is 26.6. The number of rotatable bonds is 5. The minimum Gasteiger partial charge on any atom is -0.481 e. The molecular formula is C12H12ClF2NO3. The highest BCUT2D eigenvalue weighted by molar-refractivity contribution is 6.30. The first-order valence-electron chi connectivity index (χ1n) is 5.52. The van der Waals surface area contributed by atoms with Crippen LogP contribution in [0.2, 0.25) is 5.02 Å². The van der Waals surface area contributed by atoms with E-state index in [2.05, 4.69) is 5.32 Å². The molecule has 0 aliphatic rings. The van der Waals surface area contributed by atoms with E-state index in [-0.39, 0.29) is 6.42 Å². The lowest BCUT2D eigenvalue weighted by Gasteiger charge is -2.15. The number of amides is 1. The molecule has 7 heteroatoms. The third-order valence-electron chi connectivity index (χ3n) is 2.50. The molecule has 1 amide bonds. The first-order chi connectivity index (χ1) is 8.85. The first kappa shape index (κ1) is 15.4. The molecule has 0 saturated heterocycles. The molecule has 0 heterocycles. The second-order valence-electron chi connectivity index (χ2n) is 3.92. The van der Waals surface area contributed by atoms with E-state index < -0.39 is 40.1 Å². The summed E-state index contributed by atoms with van der Waals surface area (Å²) in [4.78, 5) is 22.3. The van der Waals surface area contributed by atoms with Crippen LogP contribution in [0.25, 0.3) is 0 Å². The Kier molecular flexibility index (Phi) is 5.23. The second kappa shape index (κ2) is 6.47. The Morgan fingerprint density at radius 2 is 2.00 bits per heavy atom. The van der Waals surface area contributed by atoms with Gasteiger partial charge in [-0.3, -0.25) is 9.59 Å². The van der Waals surface area contributed by atoms with Gasteiger partial charge in [-0.1, -0.05) is 18.5 Å². The predicted octanol–water partition coefficient (Wildman–Crippen LogP) is 2.60. The summed E-state index contributed by atoms with van der Waals surface area (Å²) in [6.45, 7) is 1.67. The van der Waals surface area contributed by atoms with Crippen molar-refractivity contribution in [2.75, 3.05) is 0 Å². The number of nitrogens with one attached hydrogen (secondary N) is 1. The smallest absolute Gasteiger partial charge is 0.305 e. The molecule has 104 valence electrons. The zero-order valence-electron chi connectivity index (χ0n) is 10.0. The highest BCUT2D eigenvalue weighted by Gasteiger charge is 2.19. The number of aliphatic carboxylic acids is 1. The molecule has 1 aromatic rings. The number of halogens is 3. The van der Waals surface area contributed by atoms with Crippen LogP contribution in [0, 0.1) is 11.6 Å². The molecule has 1 rings (SSSR count). The van der Waals surface area contributed by atoms with Crippen molar-refractivity contribution in [3.8, 4) is 0 Å². The molecule has 4 nitrogen and oxygen atoms in total. The molecule has 0 radical (unpaired) electrons. The summed E-state index contributed by atoms with van der Waals surface area (Å²) in [6, 6.07) is 0.730. The van der Waals surface area contributed by atoms with E-state index >= 15 is 0 Å². The second-order valence-corrected chi connectivity index (χ2v) is 4.33. The zero-order chi connectivity index (χ0) is 14.6. The summed E-state index contributed by atoms with van der Waals surface area (Å²) in [5.74, 6) is -3.84. The fourth-order valence-corrected chi connectivity index (χ4v) is 1.62. The van der Waals surface area contributed by atoms with Gasteiger partial charge in [-0.05, 0) is 18.6 Å². The van der Waals surface area contributed by atoms with E-state index in [0.29, 0.717) is 18.6 Å². The Labute approximate surface area is 113 Å². The highest BCUT2D eigenvalue weighted by atomic mass is 35.5. The minimum absolute atomic E-state index is 0.292. The number of benzene rings is 1. The Hall–Kier alpha value is -1.69. The van der Waals surface area contributed by atoms with Crippen molar-refractivity contribution in [3.63, 3.8) is 0 Å². The Morgan fingerprint density at radius 3 is 2.53 bits per heavy atom. The van der Waals surface area contributed by atoms with Gasteiger partial charge in [0, 0.05) is 6.04 Å². The molecule has 0 bridgehead atoms. The standard InChI is InChI=1S/C12H12ClF2NO3/c1-2-6(3-11(17)18)16-12(19)7-4-10(15)8(13)5-9(7)14/h4-6H,2-3H2,1H3,(H,16,19)(H,17,18). The number of hydrogen-bond donors (Lipinski definition) is 2.